The molecule has 1 aromatic heterocycles. The lowest BCUT2D eigenvalue weighted by atomic mass is 9.95. The van der Waals surface area contributed by atoms with Gasteiger partial charge in [0.05, 0.1) is 23.4 Å². The third-order valence-corrected chi connectivity index (χ3v) is 4.20. The molecule has 2 heterocycles. The number of Topliss-reactive ketones (excluding diaryl/α,β-unsaturated/α-hetero) is 1. The minimum Gasteiger partial charge on any atom is -0.384 e. The first-order valence-corrected chi connectivity index (χ1v) is 8.25. The number of alkyl halides is 1. The van der Waals surface area contributed by atoms with E-state index in [9.17, 15) is 9.59 Å². The van der Waals surface area contributed by atoms with Gasteiger partial charge in [-0.05, 0) is 26.7 Å². The van der Waals surface area contributed by atoms with E-state index in [2.05, 4.69) is 26.1 Å². The van der Waals surface area contributed by atoms with Crippen LogP contribution in [0.5, 0.6) is 0 Å². The van der Waals surface area contributed by atoms with E-state index in [1.165, 1.54) is 0 Å². The number of amides is 1. The zero-order chi connectivity index (χ0) is 16.3. The highest BCUT2D eigenvalue weighted by Crippen LogP contribution is 2.24. The Kier molecular flexibility index (Phi) is 5.33. The van der Waals surface area contributed by atoms with Crippen LogP contribution in [0.4, 0.5) is 0 Å². The summed E-state index contributed by atoms with van der Waals surface area (Å²) in [5.41, 5.74) is -0.471. The largest absolute Gasteiger partial charge is 0.384 e. The third-order valence-electron chi connectivity index (χ3n) is 3.72. The van der Waals surface area contributed by atoms with E-state index in [1.807, 2.05) is 13.8 Å². The number of rotatable bonds is 6. The van der Waals surface area contributed by atoms with Gasteiger partial charge in [-0.15, -0.1) is 0 Å². The van der Waals surface area contributed by atoms with Crippen molar-refractivity contribution in [1.82, 2.24) is 15.0 Å². The van der Waals surface area contributed by atoms with Crippen LogP contribution in [0.15, 0.2) is 4.52 Å². The lowest BCUT2D eigenvalue weighted by Crippen LogP contribution is -2.41. The Morgan fingerprint density at radius 3 is 2.86 bits per heavy atom. The van der Waals surface area contributed by atoms with Gasteiger partial charge in [0, 0.05) is 13.7 Å². The zero-order valence-corrected chi connectivity index (χ0v) is 14.6. The van der Waals surface area contributed by atoms with Gasteiger partial charge in [0.1, 0.15) is 0 Å². The molecule has 7 nitrogen and oxygen atoms in total. The Bertz CT molecular complexity index is 558. The maximum absolute atomic E-state index is 12.6. The molecule has 1 aliphatic heterocycles. The highest BCUT2D eigenvalue weighted by molar-refractivity contribution is 9.09. The van der Waals surface area contributed by atoms with Crippen molar-refractivity contribution in [2.75, 3.05) is 25.6 Å². The first-order valence-electron chi connectivity index (χ1n) is 7.13. The first-order chi connectivity index (χ1) is 10.4. The SMILES string of the molecule is COCC(C)(C)c1nc(C(=O)[C@@H]2CCCN2C(=O)CBr)no1. The van der Waals surface area contributed by atoms with Gasteiger partial charge >= 0.3 is 0 Å². The summed E-state index contributed by atoms with van der Waals surface area (Å²) in [6.07, 6.45) is 1.43. The smallest absolute Gasteiger partial charge is 0.240 e. The van der Waals surface area contributed by atoms with Gasteiger partial charge in [-0.25, -0.2) is 0 Å². The van der Waals surface area contributed by atoms with Gasteiger partial charge in [0.2, 0.25) is 23.4 Å². The molecule has 1 fully saturated rings. The number of likely N-dealkylation sites (tertiary alicyclic amines) is 1. The van der Waals surface area contributed by atoms with E-state index in [-0.39, 0.29) is 22.8 Å². The summed E-state index contributed by atoms with van der Waals surface area (Å²) >= 11 is 3.14. The number of carbonyl (C=O) groups is 2. The maximum atomic E-state index is 12.6. The maximum Gasteiger partial charge on any atom is 0.240 e. The topological polar surface area (TPSA) is 85.5 Å². The molecule has 1 aromatic rings. The number of carbonyl (C=O) groups excluding carboxylic acids is 2. The van der Waals surface area contributed by atoms with Crippen LogP contribution in [0, 0.1) is 0 Å². The molecule has 8 heteroatoms. The molecule has 2 rings (SSSR count). The second-order valence-corrected chi connectivity index (χ2v) is 6.54. The summed E-state index contributed by atoms with van der Waals surface area (Å²) < 4.78 is 10.3. The van der Waals surface area contributed by atoms with E-state index in [0.717, 1.165) is 6.42 Å². The van der Waals surface area contributed by atoms with Crippen molar-refractivity contribution in [1.29, 1.82) is 0 Å². The van der Waals surface area contributed by atoms with Gasteiger partial charge < -0.3 is 14.2 Å². The molecule has 0 bridgehead atoms. The van der Waals surface area contributed by atoms with Crippen molar-refractivity contribution < 1.29 is 18.8 Å². The molecule has 1 aliphatic rings. The minimum atomic E-state index is -0.499. The number of hydrogen-bond donors (Lipinski definition) is 0. The van der Waals surface area contributed by atoms with Crippen molar-refractivity contribution in [2.24, 2.45) is 0 Å². The van der Waals surface area contributed by atoms with E-state index < -0.39 is 11.5 Å². The van der Waals surface area contributed by atoms with Crippen molar-refractivity contribution in [3.05, 3.63) is 11.7 Å². The summed E-state index contributed by atoms with van der Waals surface area (Å²) in [6, 6.07) is -0.499. The van der Waals surface area contributed by atoms with Crippen LogP contribution < -0.4 is 0 Å². The molecule has 0 aromatic carbocycles. The number of ether oxygens (including phenoxy) is 1. The van der Waals surface area contributed by atoms with Crippen molar-refractivity contribution in [2.45, 2.75) is 38.1 Å². The minimum absolute atomic E-state index is 0.0263. The fourth-order valence-corrected chi connectivity index (χ4v) is 2.91. The average Bonchev–Trinajstić information content (AvgIpc) is 3.15. The zero-order valence-electron chi connectivity index (χ0n) is 13.0. The standard InChI is InChI=1S/C14H20BrN3O4/c1-14(2,8-21-3)13-16-12(17-22-13)11(20)9-5-4-6-18(9)10(19)7-15/h9H,4-8H2,1-3H3/t9-/m0/s1. The molecular formula is C14H20BrN3O4. The number of nitrogens with zero attached hydrogens (tertiary/aromatic N) is 3. The summed E-state index contributed by atoms with van der Waals surface area (Å²) in [4.78, 5) is 30.2. The summed E-state index contributed by atoms with van der Waals surface area (Å²) in [6.45, 7) is 4.78. The van der Waals surface area contributed by atoms with Gasteiger partial charge in [-0.1, -0.05) is 21.1 Å². The van der Waals surface area contributed by atoms with Gasteiger partial charge in [-0.2, -0.15) is 4.98 Å². The van der Waals surface area contributed by atoms with E-state index >= 15 is 0 Å². The first kappa shape index (κ1) is 17.1. The lowest BCUT2D eigenvalue weighted by Gasteiger charge is -2.21. The van der Waals surface area contributed by atoms with Gasteiger partial charge in [0.25, 0.3) is 0 Å². The molecule has 0 radical (unpaired) electrons. The van der Waals surface area contributed by atoms with Crippen LogP contribution in [-0.2, 0) is 14.9 Å². The Morgan fingerprint density at radius 2 is 2.23 bits per heavy atom. The van der Waals surface area contributed by atoms with Crippen LogP contribution in [0.1, 0.15) is 43.2 Å². The Morgan fingerprint density at radius 1 is 1.50 bits per heavy atom. The van der Waals surface area contributed by atoms with Crippen LogP contribution in [0.3, 0.4) is 0 Å². The number of halogens is 1. The molecule has 122 valence electrons. The van der Waals surface area contributed by atoms with Gasteiger partial charge in [0.15, 0.2) is 0 Å². The fraction of sp³-hybridized carbons (Fsp3) is 0.714. The molecule has 1 amide bonds. The van der Waals surface area contributed by atoms with E-state index in [0.29, 0.717) is 25.5 Å². The molecular weight excluding hydrogens is 354 g/mol. The van der Waals surface area contributed by atoms with Gasteiger partial charge in [-0.3, -0.25) is 9.59 Å². The van der Waals surface area contributed by atoms with Crippen molar-refractivity contribution in [3.63, 3.8) is 0 Å². The number of hydrogen-bond acceptors (Lipinski definition) is 6. The Hall–Kier alpha value is -1.28. The number of methoxy groups -OCH3 is 1. The molecule has 1 atom stereocenters. The molecule has 22 heavy (non-hydrogen) atoms. The second-order valence-electron chi connectivity index (χ2n) is 5.98. The molecule has 0 spiro atoms. The molecule has 0 saturated carbocycles. The van der Waals surface area contributed by atoms with Crippen LogP contribution in [-0.4, -0.2) is 58.4 Å². The summed E-state index contributed by atoms with van der Waals surface area (Å²) in [7, 11) is 1.59. The normalized spacial score (nSPS) is 18.7. The monoisotopic (exact) mass is 373 g/mol. The van der Waals surface area contributed by atoms with Crippen molar-refractivity contribution >= 4 is 27.6 Å². The number of ketones is 1. The Balaban J connectivity index is 2.17. The Labute approximate surface area is 137 Å². The van der Waals surface area contributed by atoms with Crippen LogP contribution >= 0.6 is 15.9 Å². The summed E-state index contributed by atoms with van der Waals surface area (Å²) in [5.74, 6) is 0.0156. The van der Waals surface area contributed by atoms with Crippen molar-refractivity contribution in [3.8, 4) is 0 Å². The quantitative estimate of drug-likeness (QED) is 0.555. The molecule has 0 N–H and O–H groups in total. The van der Waals surface area contributed by atoms with E-state index in [1.54, 1.807) is 12.0 Å². The predicted molar refractivity (Wildman–Crippen MR) is 82.1 cm³/mol. The van der Waals surface area contributed by atoms with Crippen LogP contribution in [0.2, 0.25) is 0 Å². The summed E-state index contributed by atoms with van der Waals surface area (Å²) in [5, 5.41) is 3.99. The predicted octanol–water partition coefficient (Wildman–Crippen LogP) is 1.56. The fourth-order valence-electron chi connectivity index (χ4n) is 2.58. The molecule has 0 aliphatic carbocycles. The third kappa shape index (κ3) is 3.38. The highest BCUT2D eigenvalue weighted by Gasteiger charge is 2.37. The molecule has 1 saturated heterocycles. The highest BCUT2D eigenvalue weighted by atomic mass is 79.9. The average molecular weight is 374 g/mol. The van der Waals surface area contributed by atoms with E-state index in [4.69, 9.17) is 9.26 Å². The lowest BCUT2D eigenvalue weighted by molar-refractivity contribution is -0.128. The van der Waals surface area contributed by atoms with Crippen LogP contribution in [0.25, 0.3) is 0 Å². The number of aromatic nitrogens is 2. The second kappa shape index (κ2) is 6.87. The molecule has 0 unspecified atom stereocenters.